The number of hydrogen-bond donors (Lipinski definition) is 1. The maximum atomic E-state index is 10.1. The minimum Gasteiger partial charge on any atom is -0.384 e. The molecule has 1 aliphatic rings. The zero-order chi connectivity index (χ0) is 10.9. The Kier molecular flexibility index (Phi) is 3.20. The first-order chi connectivity index (χ1) is 6.36. The van der Waals surface area contributed by atoms with Crippen molar-refractivity contribution < 1.29 is 5.11 Å². The molecule has 0 bridgehead atoms. The molecule has 1 N–H and O–H groups in total. The number of hydrogen-bond acceptors (Lipinski definition) is 1. The SMILES string of the molecule is C=C(C)C(O)C1=C(C)CCCC1(C)C. The molecule has 0 aromatic heterocycles. The molecule has 0 fully saturated rings. The van der Waals surface area contributed by atoms with Gasteiger partial charge in [0.25, 0.3) is 0 Å². The van der Waals surface area contributed by atoms with Gasteiger partial charge in [0.05, 0.1) is 6.10 Å². The van der Waals surface area contributed by atoms with Crippen LogP contribution in [-0.2, 0) is 0 Å². The van der Waals surface area contributed by atoms with E-state index in [1.165, 1.54) is 24.0 Å². The molecule has 80 valence electrons. The monoisotopic (exact) mass is 194 g/mol. The van der Waals surface area contributed by atoms with E-state index in [1.54, 1.807) is 0 Å². The van der Waals surface area contributed by atoms with Crippen LogP contribution in [-0.4, -0.2) is 11.2 Å². The Morgan fingerprint density at radius 3 is 2.50 bits per heavy atom. The number of aliphatic hydroxyl groups excluding tert-OH is 1. The summed E-state index contributed by atoms with van der Waals surface area (Å²) in [5.74, 6) is 0. The molecule has 0 aliphatic heterocycles. The summed E-state index contributed by atoms with van der Waals surface area (Å²) in [4.78, 5) is 0. The van der Waals surface area contributed by atoms with E-state index >= 15 is 0 Å². The van der Waals surface area contributed by atoms with Crippen LogP contribution in [0.15, 0.2) is 23.3 Å². The van der Waals surface area contributed by atoms with Gasteiger partial charge in [-0.05, 0) is 49.7 Å². The zero-order valence-electron chi connectivity index (χ0n) is 9.85. The Labute approximate surface area is 87.5 Å². The van der Waals surface area contributed by atoms with Gasteiger partial charge >= 0.3 is 0 Å². The molecule has 0 aromatic carbocycles. The van der Waals surface area contributed by atoms with Gasteiger partial charge in [-0.3, -0.25) is 0 Å². The lowest BCUT2D eigenvalue weighted by atomic mass is 9.70. The Balaban J connectivity index is 3.07. The lowest BCUT2D eigenvalue weighted by Crippen LogP contribution is -2.29. The van der Waals surface area contributed by atoms with Gasteiger partial charge in [-0.2, -0.15) is 0 Å². The minimum absolute atomic E-state index is 0.140. The highest BCUT2D eigenvalue weighted by Gasteiger charge is 2.32. The molecule has 1 nitrogen and oxygen atoms in total. The van der Waals surface area contributed by atoms with Crippen molar-refractivity contribution in [3.63, 3.8) is 0 Å². The molecule has 14 heavy (non-hydrogen) atoms. The third-order valence-electron chi connectivity index (χ3n) is 3.28. The molecule has 1 heteroatoms. The summed E-state index contributed by atoms with van der Waals surface area (Å²) in [6, 6.07) is 0. The van der Waals surface area contributed by atoms with Gasteiger partial charge in [-0.1, -0.05) is 26.0 Å². The lowest BCUT2D eigenvalue weighted by Gasteiger charge is -2.37. The first-order valence-electron chi connectivity index (χ1n) is 5.40. The van der Waals surface area contributed by atoms with Gasteiger partial charge in [0.2, 0.25) is 0 Å². The molecule has 1 atom stereocenters. The van der Waals surface area contributed by atoms with Crippen molar-refractivity contribution in [3.05, 3.63) is 23.3 Å². The molecule has 0 heterocycles. The third-order valence-corrected chi connectivity index (χ3v) is 3.28. The summed E-state index contributed by atoms with van der Waals surface area (Å²) in [5.41, 5.74) is 3.56. The van der Waals surface area contributed by atoms with Crippen molar-refractivity contribution in [2.75, 3.05) is 0 Å². The fourth-order valence-corrected chi connectivity index (χ4v) is 2.49. The van der Waals surface area contributed by atoms with Crippen LogP contribution in [0, 0.1) is 5.41 Å². The van der Waals surface area contributed by atoms with Crippen molar-refractivity contribution in [2.24, 2.45) is 5.41 Å². The molecule has 1 aliphatic carbocycles. The van der Waals surface area contributed by atoms with Crippen LogP contribution >= 0.6 is 0 Å². The van der Waals surface area contributed by atoms with Crippen LogP contribution in [0.4, 0.5) is 0 Å². The molecular weight excluding hydrogens is 172 g/mol. The fourth-order valence-electron chi connectivity index (χ4n) is 2.49. The maximum absolute atomic E-state index is 10.1. The predicted octanol–water partition coefficient (Wildman–Crippen LogP) is 3.45. The predicted molar refractivity (Wildman–Crippen MR) is 61.2 cm³/mol. The van der Waals surface area contributed by atoms with E-state index in [0.29, 0.717) is 0 Å². The standard InChI is InChI=1S/C13H22O/c1-9(2)12(14)11-10(3)7-6-8-13(11,4)5/h12,14H,1,6-8H2,2-5H3. The van der Waals surface area contributed by atoms with Crippen molar-refractivity contribution in [1.82, 2.24) is 0 Å². The average Bonchev–Trinajstić information content (AvgIpc) is 2.01. The summed E-state index contributed by atoms with van der Waals surface area (Å²) in [6.07, 6.45) is 3.10. The van der Waals surface area contributed by atoms with Crippen LogP contribution in [0.3, 0.4) is 0 Å². The van der Waals surface area contributed by atoms with Gasteiger partial charge in [0.1, 0.15) is 0 Å². The Morgan fingerprint density at radius 2 is 2.07 bits per heavy atom. The largest absolute Gasteiger partial charge is 0.384 e. The van der Waals surface area contributed by atoms with Crippen molar-refractivity contribution >= 4 is 0 Å². The average molecular weight is 194 g/mol. The van der Waals surface area contributed by atoms with E-state index in [2.05, 4.69) is 27.4 Å². The Bertz CT molecular complexity index is 271. The maximum Gasteiger partial charge on any atom is 0.0963 e. The fraction of sp³-hybridized carbons (Fsp3) is 0.692. The quantitative estimate of drug-likeness (QED) is 0.667. The number of allylic oxidation sites excluding steroid dienone is 1. The molecular formula is C13H22O. The van der Waals surface area contributed by atoms with Crippen molar-refractivity contribution in [2.45, 2.75) is 53.1 Å². The topological polar surface area (TPSA) is 20.2 Å². The van der Waals surface area contributed by atoms with Crippen LogP contribution in [0.25, 0.3) is 0 Å². The van der Waals surface area contributed by atoms with Gasteiger partial charge in [0, 0.05) is 0 Å². The van der Waals surface area contributed by atoms with Crippen LogP contribution in [0.5, 0.6) is 0 Å². The Morgan fingerprint density at radius 1 is 1.50 bits per heavy atom. The van der Waals surface area contributed by atoms with Crippen molar-refractivity contribution in [1.29, 1.82) is 0 Å². The number of aliphatic hydroxyl groups is 1. The van der Waals surface area contributed by atoms with Gasteiger partial charge < -0.3 is 5.11 Å². The van der Waals surface area contributed by atoms with E-state index < -0.39 is 6.10 Å². The zero-order valence-corrected chi connectivity index (χ0v) is 9.85. The van der Waals surface area contributed by atoms with E-state index in [0.717, 1.165) is 12.0 Å². The second kappa shape index (κ2) is 3.90. The second-order valence-electron chi connectivity index (χ2n) is 5.18. The highest BCUT2D eigenvalue weighted by Crippen LogP contribution is 2.42. The summed E-state index contributed by atoms with van der Waals surface area (Å²) in [6.45, 7) is 12.3. The van der Waals surface area contributed by atoms with Crippen LogP contribution in [0.1, 0.15) is 47.0 Å². The van der Waals surface area contributed by atoms with E-state index in [9.17, 15) is 5.11 Å². The normalized spacial score (nSPS) is 23.5. The highest BCUT2D eigenvalue weighted by molar-refractivity contribution is 5.31. The van der Waals surface area contributed by atoms with E-state index in [1.807, 2.05) is 6.92 Å². The first kappa shape index (κ1) is 11.5. The molecule has 0 amide bonds. The van der Waals surface area contributed by atoms with Crippen LogP contribution in [0.2, 0.25) is 0 Å². The van der Waals surface area contributed by atoms with E-state index in [4.69, 9.17) is 0 Å². The lowest BCUT2D eigenvalue weighted by molar-refractivity contribution is 0.198. The highest BCUT2D eigenvalue weighted by atomic mass is 16.3. The smallest absolute Gasteiger partial charge is 0.0963 e. The van der Waals surface area contributed by atoms with Gasteiger partial charge in [0.15, 0.2) is 0 Å². The number of rotatable bonds is 2. The molecule has 0 saturated heterocycles. The molecule has 0 radical (unpaired) electrons. The van der Waals surface area contributed by atoms with Crippen LogP contribution < -0.4 is 0 Å². The molecule has 0 aromatic rings. The first-order valence-corrected chi connectivity index (χ1v) is 5.40. The molecule has 1 rings (SSSR count). The summed E-state index contributed by atoms with van der Waals surface area (Å²) in [7, 11) is 0. The second-order valence-corrected chi connectivity index (χ2v) is 5.18. The van der Waals surface area contributed by atoms with E-state index in [-0.39, 0.29) is 5.41 Å². The molecule has 0 saturated carbocycles. The minimum atomic E-state index is -0.440. The molecule has 0 spiro atoms. The third kappa shape index (κ3) is 2.09. The summed E-state index contributed by atoms with van der Waals surface area (Å²) < 4.78 is 0. The van der Waals surface area contributed by atoms with Gasteiger partial charge in [-0.15, -0.1) is 0 Å². The van der Waals surface area contributed by atoms with Crippen molar-refractivity contribution in [3.8, 4) is 0 Å². The summed E-state index contributed by atoms with van der Waals surface area (Å²) in [5, 5.41) is 10.1. The van der Waals surface area contributed by atoms with Gasteiger partial charge in [-0.25, -0.2) is 0 Å². The summed E-state index contributed by atoms with van der Waals surface area (Å²) >= 11 is 0. The molecule has 1 unspecified atom stereocenters. The Hall–Kier alpha value is -0.560.